The van der Waals surface area contributed by atoms with E-state index in [9.17, 15) is 0 Å². The molecule has 0 radical (unpaired) electrons. The summed E-state index contributed by atoms with van der Waals surface area (Å²) in [6, 6.07) is 10.6. The molecule has 0 amide bonds. The zero-order valence-corrected chi connectivity index (χ0v) is 13.0. The van der Waals surface area contributed by atoms with Crippen molar-refractivity contribution in [2.24, 2.45) is 5.73 Å². The molecule has 1 nitrogen and oxygen atoms in total. The van der Waals surface area contributed by atoms with Crippen molar-refractivity contribution in [2.75, 3.05) is 6.26 Å². The smallest absolute Gasteiger partial charge is 0.0731 e. The minimum Gasteiger partial charge on any atom is -0.320 e. The van der Waals surface area contributed by atoms with Crippen LogP contribution in [0.3, 0.4) is 0 Å². The lowest BCUT2D eigenvalue weighted by Gasteiger charge is -2.10. The molecular weight excluding hydrogens is 314 g/mol. The Bertz CT molecular complexity index is 485. The van der Waals surface area contributed by atoms with Gasteiger partial charge in [-0.05, 0) is 58.4 Å². The molecule has 0 aliphatic carbocycles. The van der Waals surface area contributed by atoms with E-state index in [4.69, 9.17) is 5.73 Å². The Balaban J connectivity index is 2.26. The molecule has 0 spiro atoms. The zero-order valence-electron chi connectivity index (χ0n) is 9.74. The molecule has 1 unspecified atom stereocenters. The lowest BCUT2D eigenvalue weighted by Crippen LogP contribution is -2.09. The second-order valence-corrected chi connectivity index (χ2v) is 7.14. The summed E-state index contributed by atoms with van der Waals surface area (Å²) in [6.45, 7) is 2.09. The third kappa shape index (κ3) is 2.94. The van der Waals surface area contributed by atoms with Crippen LogP contribution in [0.25, 0.3) is 0 Å². The van der Waals surface area contributed by atoms with Gasteiger partial charge in [0.25, 0.3) is 0 Å². The van der Waals surface area contributed by atoms with Gasteiger partial charge in [-0.1, -0.05) is 12.1 Å². The first-order valence-electron chi connectivity index (χ1n) is 5.27. The van der Waals surface area contributed by atoms with E-state index in [0.717, 1.165) is 5.56 Å². The monoisotopic (exact) mass is 327 g/mol. The van der Waals surface area contributed by atoms with Crippen molar-refractivity contribution in [2.45, 2.75) is 17.9 Å². The van der Waals surface area contributed by atoms with Gasteiger partial charge in [0.05, 0.1) is 9.83 Å². The summed E-state index contributed by atoms with van der Waals surface area (Å²) in [5.74, 6) is 0. The summed E-state index contributed by atoms with van der Waals surface area (Å²) in [5, 5.41) is 0. The molecule has 1 atom stereocenters. The third-order valence-electron chi connectivity index (χ3n) is 2.66. The Labute approximate surface area is 119 Å². The number of rotatable bonds is 3. The number of hydrogen-bond donors (Lipinski definition) is 1. The SMILES string of the molecule is CSc1ccc(C(N)c2cc(C)c(Br)s2)cc1. The van der Waals surface area contributed by atoms with Gasteiger partial charge in [-0.3, -0.25) is 0 Å². The Morgan fingerprint density at radius 2 is 1.94 bits per heavy atom. The van der Waals surface area contributed by atoms with Gasteiger partial charge >= 0.3 is 0 Å². The van der Waals surface area contributed by atoms with Gasteiger partial charge in [-0.25, -0.2) is 0 Å². The van der Waals surface area contributed by atoms with Crippen molar-refractivity contribution in [1.82, 2.24) is 0 Å². The number of hydrogen-bond acceptors (Lipinski definition) is 3. The van der Waals surface area contributed by atoms with Gasteiger partial charge < -0.3 is 5.73 Å². The molecule has 90 valence electrons. The van der Waals surface area contributed by atoms with Crippen LogP contribution in [0, 0.1) is 6.92 Å². The lowest BCUT2D eigenvalue weighted by molar-refractivity contribution is 0.890. The van der Waals surface area contributed by atoms with E-state index in [0.29, 0.717) is 0 Å². The number of thioether (sulfide) groups is 1. The molecule has 0 saturated heterocycles. The van der Waals surface area contributed by atoms with Crippen LogP contribution >= 0.6 is 39.0 Å². The summed E-state index contributed by atoms with van der Waals surface area (Å²) in [7, 11) is 0. The Hall–Kier alpha value is -0.290. The van der Waals surface area contributed by atoms with Crippen LogP contribution in [-0.4, -0.2) is 6.26 Å². The van der Waals surface area contributed by atoms with E-state index in [1.54, 1.807) is 23.1 Å². The first-order valence-corrected chi connectivity index (χ1v) is 8.10. The number of nitrogens with two attached hydrogens (primary N) is 1. The molecular formula is C13H14BrNS2. The zero-order chi connectivity index (χ0) is 12.4. The van der Waals surface area contributed by atoms with Gasteiger partial charge in [-0.15, -0.1) is 23.1 Å². The fourth-order valence-corrected chi connectivity index (χ4v) is 3.62. The van der Waals surface area contributed by atoms with E-state index in [-0.39, 0.29) is 6.04 Å². The second kappa shape index (κ2) is 5.57. The van der Waals surface area contributed by atoms with Crippen LogP contribution in [0.4, 0.5) is 0 Å². The van der Waals surface area contributed by atoms with Gasteiger partial charge in [0.15, 0.2) is 0 Å². The minimum atomic E-state index is -0.0269. The summed E-state index contributed by atoms with van der Waals surface area (Å²) in [4.78, 5) is 2.47. The van der Waals surface area contributed by atoms with Crippen LogP contribution in [0.15, 0.2) is 39.0 Å². The highest BCUT2D eigenvalue weighted by Crippen LogP contribution is 2.33. The fourth-order valence-electron chi connectivity index (χ4n) is 1.61. The normalized spacial score (nSPS) is 12.7. The highest BCUT2D eigenvalue weighted by atomic mass is 79.9. The molecule has 17 heavy (non-hydrogen) atoms. The summed E-state index contributed by atoms with van der Waals surface area (Å²) in [6.07, 6.45) is 2.08. The first-order chi connectivity index (χ1) is 8.11. The predicted molar refractivity (Wildman–Crippen MR) is 81.0 cm³/mol. The number of aryl methyl sites for hydroxylation is 1. The average Bonchev–Trinajstić information content (AvgIpc) is 2.69. The van der Waals surface area contributed by atoms with Crippen molar-refractivity contribution >= 4 is 39.0 Å². The van der Waals surface area contributed by atoms with Crippen molar-refractivity contribution in [3.05, 3.63) is 50.1 Å². The molecule has 0 aliphatic heterocycles. The van der Waals surface area contributed by atoms with Crippen molar-refractivity contribution in [1.29, 1.82) is 0 Å². The van der Waals surface area contributed by atoms with Gasteiger partial charge in [0.2, 0.25) is 0 Å². The van der Waals surface area contributed by atoms with E-state index < -0.39 is 0 Å². The molecule has 0 fully saturated rings. The summed E-state index contributed by atoms with van der Waals surface area (Å²) in [5.41, 5.74) is 8.69. The van der Waals surface area contributed by atoms with Crippen molar-refractivity contribution < 1.29 is 0 Å². The number of halogens is 1. The van der Waals surface area contributed by atoms with Crippen LogP contribution < -0.4 is 5.73 Å². The average molecular weight is 328 g/mol. The minimum absolute atomic E-state index is 0.0269. The van der Waals surface area contributed by atoms with Crippen LogP contribution in [0.2, 0.25) is 0 Å². The highest BCUT2D eigenvalue weighted by molar-refractivity contribution is 9.11. The standard InChI is InChI=1S/C13H14BrNS2/c1-8-7-11(17-13(8)14)12(15)9-3-5-10(16-2)6-4-9/h3-7,12H,15H2,1-2H3. The molecule has 0 bridgehead atoms. The topological polar surface area (TPSA) is 26.0 Å². The third-order valence-corrected chi connectivity index (χ3v) is 5.62. The molecule has 0 saturated carbocycles. The maximum absolute atomic E-state index is 6.27. The molecule has 1 aromatic heterocycles. The highest BCUT2D eigenvalue weighted by Gasteiger charge is 2.12. The van der Waals surface area contributed by atoms with E-state index >= 15 is 0 Å². The summed E-state index contributed by atoms with van der Waals surface area (Å²) < 4.78 is 1.17. The van der Waals surface area contributed by atoms with Crippen LogP contribution in [0.1, 0.15) is 22.0 Å². The molecule has 2 N–H and O–H groups in total. The van der Waals surface area contributed by atoms with Gasteiger partial charge in [-0.2, -0.15) is 0 Å². The molecule has 1 aromatic carbocycles. The lowest BCUT2D eigenvalue weighted by atomic mass is 10.1. The number of thiophene rings is 1. The van der Waals surface area contributed by atoms with Gasteiger partial charge in [0.1, 0.15) is 0 Å². The predicted octanol–water partition coefficient (Wildman–Crippen LogP) is 4.59. The molecule has 4 heteroatoms. The second-order valence-electron chi connectivity index (χ2n) is 3.86. The molecule has 1 heterocycles. The van der Waals surface area contributed by atoms with Gasteiger partial charge in [0, 0.05) is 9.77 Å². The van der Waals surface area contributed by atoms with E-state index in [1.807, 2.05) is 0 Å². The maximum Gasteiger partial charge on any atom is 0.0731 e. The first kappa shape index (κ1) is 13.1. The Morgan fingerprint density at radius 3 is 2.41 bits per heavy atom. The Kier molecular flexibility index (Phi) is 4.31. The van der Waals surface area contributed by atoms with Crippen LogP contribution in [0.5, 0.6) is 0 Å². The molecule has 2 rings (SSSR count). The maximum atomic E-state index is 6.27. The van der Waals surface area contributed by atoms with Crippen molar-refractivity contribution in [3.8, 4) is 0 Å². The fraction of sp³-hybridized carbons (Fsp3) is 0.231. The van der Waals surface area contributed by atoms with Crippen molar-refractivity contribution in [3.63, 3.8) is 0 Å². The quantitative estimate of drug-likeness (QED) is 0.834. The number of benzene rings is 1. The van der Waals surface area contributed by atoms with Crippen LogP contribution in [-0.2, 0) is 0 Å². The van der Waals surface area contributed by atoms with E-state index in [2.05, 4.69) is 59.4 Å². The molecule has 0 aliphatic rings. The van der Waals surface area contributed by atoms with E-state index in [1.165, 1.54) is 19.1 Å². The largest absolute Gasteiger partial charge is 0.320 e. The molecule has 2 aromatic rings. The summed E-state index contributed by atoms with van der Waals surface area (Å²) >= 11 is 7.00. The Morgan fingerprint density at radius 1 is 1.29 bits per heavy atom.